The van der Waals surface area contributed by atoms with Crippen LogP contribution in [0.1, 0.15) is 15.9 Å². The molecule has 0 heterocycles. The van der Waals surface area contributed by atoms with E-state index in [1.165, 1.54) is 42.7 Å². The summed E-state index contributed by atoms with van der Waals surface area (Å²) >= 11 is 17.8. The first-order chi connectivity index (χ1) is 15.1. The minimum atomic E-state index is -3.78. The highest BCUT2D eigenvalue weighted by Crippen LogP contribution is 2.26. The van der Waals surface area contributed by atoms with Crippen LogP contribution in [0.4, 0.5) is 5.69 Å². The molecule has 0 aliphatic heterocycles. The summed E-state index contributed by atoms with van der Waals surface area (Å²) in [6.07, 6.45) is 0. The molecule has 1 amide bonds. The smallest absolute Gasteiger partial charge is 0.255 e. The first kappa shape index (κ1) is 24.4. The second kappa shape index (κ2) is 10.1. The molecule has 32 heavy (non-hydrogen) atoms. The van der Waals surface area contributed by atoms with E-state index in [1.54, 1.807) is 36.4 Å². The number of methoxy groups -OCH3 is 1. The fourth-order valence-corrected chi connectivity index (χ4v) is 4.79. The summed E-state index contributed by atoms with van der Waals surface area (Å²) in [6.45, 7) is -0.0156. The van der Waals surface area contributed by atoms with Crippen LogP contribution >= 0.6 is 34.8 Å². The quantitative estimate of drug-likeness (QED) is 0.438. The van der Waals surface area contributed by atoms with Crippen LogP contribution in [0.15, 0.2) is 65.6 Å². The fourth-order valence-electron chi connectivity index (χ4n) is 2.98. The van der Waals surface area contributed by atoms with Gasteiger partial charge in [-0.3, -0.25) is 4.79 Å². The van der Waals surface area contributed by atoms with Gasteiger partial charge < -0.3 is 10.1 Å². The molecule has 0 fully saturated rings. The Morgan fingerprint density at radius 2 is 1.56 bits per heavy atom. The first-order valence-corrected chi connectivity index (χ1v) is 11.8. The van der Waals surface area contributed by atoms with Gasteiger partial charge in [0.25, 0.3) is 5.91 Å². The predicted molar refractivity (Wildman–Crippen MR) is 128 cm³/mol. The van der Waals surface area contributed by atoms with Gasteiger partial charge in [0.15, 0.2) is 0 Å². The highest BCUT2D eigenvalue weighted by Gasteiger charge is 2.23. The van der Waals surface area contributed by atoms with Crippen molar-refractivity contribution < 1.29 is 17.9 Å². The van der Waals surface area contributed by atoms with Gasteiger partial charge in [-0.15, -0.1) is 0 Å². The van der Waals surface area contributed by atoms with Gasteiger partial charge in [-0.1, -0.05) is 34.8 Å². The second-order valence-corrected chi connectivity index (χ2v) is 10.2. The van der Waals surface area contributed by atoms with Crippen LogP contribution in [0.5, 0.6) is 5.75 Å². The van der Waals surface area contributed by atoms with E-state index >= 15 is 0 Å². The van der Waals surface area contributed by atoms with E-state index in [4.69, 9.17) is 39.5 Å². The van der Waals surface area contributed by atoms with E-state index in [-0.39, 0.29) is 11.4 Å². The second-order valence-electron chi connectivity index (χ2n) is 6.85. The fraction of sp³-hybridized carbons (Fsp3) is 0.136. The first-order valence-electron chi connectivity index (χ1n) is 9.26. The number of carbonyl (C=O) groups excluding carboxylic acids is 1. The summed E-state index contributed by atoms with van der Waals surface area (Å²) in [5, 5.41) is 3.94. The molecule has 1 N–H and O–H groups in total. The molecule has 0 aliphatic rings. The molecule has 0 saturated carbocycles. The molecule has 0 unspecified atom stereocenters. The molecule has 0 aliphatic carbocycles. The van der Waals surface area contributed by atoms with E-state index in [2.05, 4.69) is 5.32 Å². The molecule has 3 aromatic carbocycles. The van der Waals surface area contributed by atoms with Gasteiger partial charge in [-0.2, -0.15) is 4.31 Å². The number of nitrogens with one attached hydrogen (secondary N) is 1. The van der Waals surface area contributed by atoms with Gasteiger partial charge in [-0.05, 0) is 60.7 Å². The Hall–Kier alpha value is -2.29. The lowest BCUT2D eigenvalue weighted by Crippen LogP contribution is -2.27. The van der Waals surface area contributed by atoms with Crippen molar-refractivity contribution in [2.75, 3.05) is 19.5 Å². The number of amides is 1. The standard InChI is InChI=1S/C22H19Cl3N2O4S/c1-27(32(29,30)20-6-4-16(23)5-7-20)13-15-9-14(3-8-21(15)31-2)22(28)26-19-11-17(24)10-18(25)12-19/h3-12H,13H2,1-2H3,(H,26,28). The normalized spacial score (nSPS) is 11.4. The Kier molecular flexibility index (Phi) is 7.69. The molecule has 0 aromatic heterocycles. The van der Waals surface area contributed by atoms with Gasteiger partial charge in [0, 0.05) is 45.5 Å². The molecule has 0 atom stereocenters. The Labute approximate surface area is 201 Å². The number of sulfonamides is 1. The van der Waals surface area contributed by atoms with Gasteiger partial charge in [-0.25, -0.2) is 8.42 Å². The van der Waals surface area contributed by atoms with Crippen LogP contribution in [0.3, 0.4) is 0 Å². The highest BCUT2D eigenvalue weighted by molar-refractivity contribution is 7.89. The maximum Gasteiger partial charge on any atom is 0.255 e. The third-order valence-corrected chi connectivity index (χ3v) is 7.08. The summed E-state index contributed by atoms with van der Waals surface area (Å²) in [7, 11) is -0.860. The third kappa shape index (κ3) is 5.74. The number of rotatable bonds is 7. The van der Waals surface area contributed by atoms with E-state index in [0.29, 0.717) is 37.6 Å². The van der Waals surface area contributed by atoms with Crippen molar-refractivity contribution in [1.82, 2.24) is 4.31 Å². The van der Waals surface area contributed by atoms with Crippen molar-refractivity contribution in [2.45, 2.75) is 11.4 Å². The third-order valence-electron chi connectivity index (χ3n) is 4.58. The lowest BCUT2D eigenvalue weighted by Gasteiger charge is -2.19. The van der Waals surface area contributed by atoms with Crippen LogP contribution in [-0.4, -0.2) is 32.8 Å². The van der Waals surface area contributed by atoms with E-state index in [1.807, 2.05) is 0 Å². The zero-order chi connectivity index (χ0) is 23.5. The lowest BCUT2D eigenvalue weighted by molar-refractivity contribution is 0.102. The van der Waals surface area contributed by atoms with Crippen LogP contribution in [0.25, 0.3) is 0 Å². The molecule has 0 bridgehead atoms. The number of anilines is 1. The molecular weight excluding hydrogens is 495 g/mol. The van der Waals surface area contributed by atoms with Gasteiger partial charge in [0.1, 0.15) is 5.75 Å². The zero-order valence-electron chi connectivity index (χ0n) is 17.1. The molecular formula is C22H19Cl3N2O4S. The van der Waals surface area contributed by atoms with Crippen LogP contribution in [0.2, 0.25) is 15.1 Å². The number of hydrogen-bond donors (Lipinski definition) is 1. The zero-order valence-corrected chi connectivity index (χ0v) is 20.2. The highest BCUT2D eigenvalue weighted by atomic mass is 35.5. The molecule has 3 rings (SSSR count). The van der Waals surface area contributed by atoms with Crippen LogP contribution in [0, 0.1) is 0 Å². The van der Waals surface area contributed by atoms with Crippen molar-refractivity contribution in [1.29, 1.82) is 0 Å². The Morgan fingerprint density at radius 1 is 0.938 bits per heavy atom. The SMILES string of the molecule is COc1ccc(C(=O)Nc2cc(Cl)cc(Cl)c2)cc1CN(C)S(=O)(=O)c1ccc(Cl)cc1. The van der Waals surface area contributed by atoms with Gasteiger partial charge in [0.2, 0.25) is 10.0 Å². The molecule has 0 radical (unpaired) electrons. The number of hydrogen-bond acceptors (Lipinski definition) is 4. The summed E-state index contributed by atoms with van der Waals surface area (Å²) in [4.78, 5) is 12.8. The van der Waals surface area contributed by atoms with Gasteiger partial charge >= 0.3 is 0 Å². The lowest BCUT2D eigenvalue weighted by atomic mass is 10.1. The Morgan fingerprint density at radius 3 is 2.16 bits per heavy atom. The van der Waals surface area contributed by atoms with Crippen LogP contribution in [-0.2, 0) is 16.6 Å². The summed E-state index contributed by atoms with van der Waals surface area (Å²) < 4.78 is 32.4. The number of benzene rings is 3. The monoisotopic (exact) mass is 512 g/mol. The van der Waals surface area contributed by atoms with E-state index in [9.17, 15) is 13.2 Å². The van der Waals surface area contributed by atoms with E-state index in [0.717, 1.165) is 0 Å². The molecule has 6 nitrogen and oxygen atoms in total. The van der Waals surface area contributed by atoms with Crippen molar-refractivity contribution >= 4 is 56.4 Å². The molecule has 3 aromatic rings. The Balaban J connectivity index is 1.85. The van der Waals surface area contributed by atoms with Crippen molar-refractivity contribution in [3.63, 3.8) is 0 Å². The number of nitrogens with zero attached hydrogens (tertiary/aromatic N) is 1. The minimum absolute atomic E-state index is 0.0156. The molecule has 168 valence electrons. The number of ether oxygens (including phenoxy) is 1. The molecule has 0 spiro atoms. The Bertz CT molecular complexity index is 1230. The molecule has 10 heteroatoms. The summed E-state index contributed by atoms with van der Waals surface area (Å²) in [6, 6.07) is 15.4. The van der Waals surface area contributed by atoms with Crippen molar-refractivity contribution in [2.24, 2.45) is 0 Å². The van der Waals surface area contributed by atoms with E-state index < -0.39 is 15.9 Å². The minimum Gasteiger partial charge on any atom is -0.496 e. The average Bonchev–Trinajstić information content (AvgIpc) is 2.73. The maximum atomic E-state index is 12.9. The number of halogens is 3. The molecule has 0 saturated heterocycles. The van der Waals surface area contributed by atoms with Crippen molar-refractivity contribution in [3.8, 4) is 5.75 Å². The summed E-state index contributed by atoms with van der Waals surface area (Å²) in [5.74, 6) is 0.0425. The van der Waals surface area contributed by atoms with Crippen LogP contribution < -0.4 is 10.1 Å². The van der Waals surface area contributed by atoms with Gasteiger partial charge in [0.05, 0.1) is 12.0 Å². The van der Waals surface area contributed by atoms with Crippen molar-refractivity contribution in [3.05, 3.63) is 86.9 Å². The maximum absolute atomic E-state index is 12.9. The average molecular weight is 514 g/mol. The topological polar surface area (TPSA) is 75.7 Å². The number of carbonyl (C=O) groups is 1. The summed E-state index contributed by atoms with van der Waals surface area (Å²) in [5.41, 5.74) is 1.27. The predicted octanol–water partition coefficient (Wildman–Crippen LogP) is 5.73. The largest absolute Gasteiger partial charge is 0.496 e.